The van der Waals surface area contributed by atoms with E-state index in [0.29, 0.717) is 12.8 Å². The fraction of sp³-hybridized carbons (Fsp3) is 0.750. The summed E-state index contributed by atoms with van der Waals surface area (Å²) in [6.07, 6.45) is 3.76. The molecule has 72 valence electrons. The van der Waals surface area contributed by atoms with Crippen LogP contribution in [-0.4, -0.2) is 11.9 Å². The number of hydrogen-bond acceptors (Lipinski definition) is 5. The summed E-state index contributed by atoms with van der Waals surface area (Å²) in [7, 11) is 0. The van der Waals surface area contributed by atoms with Crippen molar-refractivity contribution in [3.05, 3.63) is 0 Å². The minimum Gasteiger partial charge on any atom is -0.258 e. The molecule has 1 spiro atoms. The molecule has 0 aromatic carbocycles. The molecule has 0 aromatic rings. The van der Waals surface area contributed by atoms with Gasteiger partial charge in [0.25, 0.3) is 0 Å². The zero-order valence-corrected chi connectivity index (χ0v) is 7.08. The molecule has 2 rings (SSSR count). The van der Waals surface area contributed by atoms with Crippen LogP contribution in [0.5, 0.6) is 0 Å². The maximum atomic E-state index is 11.3. The van der Waals surface area contributed by atoms with Crippen molar-refractivity contribution in [3.8, 4) is 0 Å². The third-order valence-electron chi connectivity index (χ3n) is 2.71. The van der Waals surface area contributed by atoms with Gasteiger partial charge in [-0.05, 0) is 12.8 Å². The Hall–Kier alpha value is -1.10. The van der Waals surface area contributed by atoms with Gasteiger partial charge >= 0.3 is 11.9 Å². The zero-order chi connectivity index (χ0) is 9.31. The summed E-state index contributed by atoms with van der Waals surface area (Å²) in [6, 6.07) is 0. The molecule has 1 aliphatic carbocycles. The molecule has 1 saturated heterocycles. The van der Waals surface area contributed by atoms with Gasteiger partial charge in [0.15, 0.2) is 5.41 Å². The monoisotopic (exact) mass is 186 g/mol. The van der Waals surface area contributed by atoms with Gasteiger partial charge in [0, 0.05) is 5.04 Å². The fourth-order valence-electron chi connectivity index (χ4n) is 1.89. The van der Waals surface area contributed by atoms with Crippen LogP contribution in [0.25, 0.3) is 0 Å². The van der Waals surface area contributed by atoms with Gasteiger partial charge < -0.3 is 0 Å². The van der Waals surface area contributed by atoms with Crippen molar-refractivity contribution in [1.29, 1.82) is 0 Å². The van der Waals surface area contributed by atoms with Crippen molar-refractivity contribution in [1.82, 2.24) is 0 Å². The molecule has 13 heavy (non-hydrogen) atoms. The maximum Gasteiger partial charge on any atom is 0.364 e. The molecule has 0 aromatic heterocycles. The second-order valence-electron chi connectivity index (χ2n) is 3.45. The quantitative estimate of drug-likeness (QED) is 0.415. The predicted octanol–water partition coefficient (Wildman–Crippen LogP) is 0.884. The van der Waals surface area contributed by atoms with Crippen LogP contribution < -0.4 is 0 Å². The van der Waals surface area contributed by atoms with Crippen molar-refractivity contribution in [2.24, 2.45) is 5.41 Å². The minimum absolute atomic E-state index is 0.508. The van der Waals surface area contributed by atoms with E-state index in [1.165, 1.54) is 0 Å². The topological polar surface area (TPSA) is 61.8 Å². The highest BCUT2D eigenvalue weighted by molar-refractivity contribution is 6.00. The Kier molecular flexibility index (Phi) is 1.95. The largest absolute Gasteiger partial charge is 0.364 e. The van der Waals surface area contributed by atoms with E-state index in [1.54, 1.807) is 0 Å². The lowest BCUT2D eigenvalue weighted by atomic mass is 9.74. The molecule has 5 nitrogen and oxygen atoms in total. The summed E-state index contributed by atoms with van der Waals surface area (Å²) in [5.74, 6) is -1.22. The number of carbonyl (C=O) groups is 2. The van der Waals surface area contributed by atoms with E-state index in [4.69, 9.17) is 0 Å². The molecule has 1 heterocycles. The molecular formula is C8H10O5. The standard InChI is InChI=1S/C8H10O5/c9-6-8(4-2-1-3-5-8)7(10)12-13-11-6/h1-5H2. The van der Waals surface area contributed by atoms with Crippen LogP contribution in [0.3, 0.4) is 0 Å². The Morgan fingerprint density at radius 3 is 2.00 bits per heavy atom. The van der Waals surface area contributed by atoms with Crippen molar-refractivity contribution in [2.45, 2.75) is 32.1 Å². The lowest BCUT2D eigenvalue weighted by Crippen LogP contribution is -2.47. The molecule has 2 fully saturated rings. The summed E-state index contributed by atoms with van der Waals surface area (Å²) in [5, 5.41) is 3.92. The third-order valence-corrected chi connectivity index (χ3v) is 2.71. The Labute approximate surface area is 74.8 Å². The second-order valence-corrected chi connectivity index (χ2v) is 3.45. The van der Waals surface area contributed by atoms with Gasteiger partial charge in [-0.2, -0.15) is 0 Å². The number of carbonyl (C=O) groups excluding carboxylic acids is 2. The average Bonchev–Trinajstić information content (AvgIpc) is 2.16. The van der Waals surface area contributed by atoms with Crippen molar-refractivity contribution < 1.29 is 24.4 Å². The van der Waals surface area contributed by atoms with Crippen LogP contribution in [0.2, 0.25) is 0 Å². The summed E-state index contributed by atoms with van der Waals surface area (Å²) >= 11 is 0. The Balaban J connectivity index is 2.23. The van der Waals surface area contributed by atoms with Crippen molar-refractivity contribution in [3.63, 3.8) is 0 Å². The van der Waals surface area contributed by atoms with Gasteiger partial charge in [-0.25, -0.2) is 9.59 Å². The van der Waals surface area contributed by atoms with Crippen molar-refractivity contribution in [2.75, 3.05) is 0 Å². The van der Waals surface area contributed by atoms with E-state index in [9.17, 15) is 9.59 Å². The first kappa shape index (κ1) is 8.50. The first-order valence-corrected chi connectivity index (χ1v) is 4.36. The van der Waals surface area contributed by atoms with Crippen LogP contribution in [-0.2, 0) is 24.4 Å². The van der Waals surface area contributed by atoms with Gasteiger partial charge in [0.05, 0.1) is 0 Å². The summed E-state index contributed by atoms with van der Waals surface area (Å²) < 4.78 is 0. The maximum absolute atomic E-state index is 11.3. The van der Waals surface area contributed by atoms with Crippen molar-refractivity contribution >= 4 is 11.9 Å². The number of rotatable bonds is 0. The SMILES string of the molecule is O=C1OOOC(=O)C12CCCCC2. The molecule has 0 unspecified atom stereocenters. The summed E-state index contributed by atoms with van der Waals surface area (Å²) in [6.45, 7) is 0. The molecule has 2 aliphatic rings. The molecule has 0 bridgehead atoms. The first-order valence-electron chi connectivity index (χ1n) is 4.36. The molecule has 0 amide bonds. The van der Waals surface area contributed by atoms with Crippen LogP contribution in [0.15, 0.2) is 0 Å². The van der Waals surface area contributed by atoms with Gasteiger partial charge in [0.2, 0.25) is 0 Å². The molecular weight excluding hydrogens is 176 g/mol. The Bertz CT molecular complexity index is 223. The summed E-state index contributed by atoms with van der Waals surface area (Å²) in [5.41, 5.74) is -1.07. The lowest BCUT2D eigenvalue weighted by Gasteiger charge is -2.32. The number of hydrogen-bond donors (Lipinski definition) is 0. The van der Waals surface area contributed by atoms with Crippen LogP contribution >= 0.6 is 0 Å². The molecule has 1 saturated carbocycles. The Morgan fingerprint density at radius 2 is 1.46 bits per heavy atom. The smallest absolute Gasteiger partial charge is 0.258 e. The van der Waals surface area contributed by atoms with E-state index in [1.807, 2.05) is 0 Å². The highest BCUT2D eigenvalue weighted by Crippen LogP contribution is 2.40. The molecule has 0 N–H and O–H groups in total. The average molecular weight is 186 g/mol. The van der Waals surface area contributed by atoms with E-state index < -0.39 is 17.4 Å². The molecule has 1 aliphatic heterocycles. The Morgan fingerprint density at radius 1 is 0.923 bits per heavy atom. The van der Waals surface area contributed by atoms with E-state index >= 15 is 0 Å². The van der Waals surface area contributed by atoms with Gasteiger partial charge in [-0.15, -0.1) is 0 Å². The second kappa shape index (κ2) is 2.99. The first-order chi connectivity index (χ1) is 6.26. The molecule has 5 heteroatoms. The van der Waals surface area contributed by atoms with Gasteiger partial charge in [0.1, 0.15) is 0 Å². The molecule has 0 radical (unpaired) electrons. The highest BCUT2D eigenvalue weighted by atomic mass is 17.5. The summed E-state index contributed by atoms with van der Waals surface area (Å²) in [4.78, 5) is 31.2. The van der Waals surface area contributed by atoms with E-state index in [-0.39, 0.29) is 0 Å². The van der Waals surface area contributed by atoms with E-state index in [0.717, 1.165) is 19.3 Å². The zero-order valence-electron chi connectivity index (χ0n) is 7.08. The molecule has 0 atom stereocenters. The normalized spacial score (nSPS) is 26.8. The fourth-order valence-corrected chi connectivity index (χ4v) is 1.89. The predicted molar refractivity (Wildman–Crippen MR) is 38.8 cm³/mol. The minimum atomic E-state index is -1.07. The highest BCUT2D eigenvalue weighted by Gasteiger charge is 2.53. The van der Waals surface area contributed by atoms with Gasteiger partial charge in [-0.1, -0.05) is 19.3 Å². The van der Waals surface area contributed by atoms with E-state index in [2.05, 4.69) is 14.8 Å². The van der Waals surface area contributed by atoms with Crippen LogP contribution in [0.1, 0.15) is 32.1 Å². The third kappa shape index (κ3) is 1.19. The van der Waals surface area contributed by atoms with Crippen LogP contribution in [0.4, 0.5) is 0 Å². The lowest BCUT2D eigenvalue weighted by molar-refractivity contribution is -0.478. The van der Waals surface area contributed by atoms with Crippen LogP contribution in [0, 0.1) is 5.41 Å². The van der Waals surface area contributed by atoms with Gasteiger partial charge in [-0.3, -0.25) is 9.78 Å².